The maximum absolute atomic E-state index is 12.5. The van der Waals surface area contributed by atoms with Gasteiger partial charge in [-0.2, -0.15) is 0 Å². The summed E-state index contributed by atoms with van der Waals surface area (Å²) in [6.45, 7) is 1.46. The van der Waals surface area contributed by atoms with Crippen LogP contribution in [-0.2, 0) is 4.74 Å². The van der Waals surface area contributed by atoms with E-state index in [2.05, 4.69) is 0 Å². The van der Waals surface area contributed by atoms with Crippen LogP contribution in [0.25, 0.3) is 0 Å². The van der Waals surface area contributed by atoms with E-state index in [1.54, 1.807) is 23.7 Å². The minimum Gasteiger partial charge on any atom is -0.388 e. The summed E-state index contributed by atoms with van der Waals surface area (Å²) in [5.74, 6) is -0.0464. The number of hydrogen-bond donors (Lipinski definition) is 1. The van der Waals surface area contributed by atoms with E-state index in [9.17, 15) is 9.90 Å². The van der Waals surface area contributed by atoms with Crippen LogP contribution < -0.4 is 0 Å². The largest absolute Gasteiger partial charge is 0.388 e. The molecule has 1 aromatic rings. The van der Waals surface area contributed by atoms with Crippen molar-refractivity contribution in [1.82, 2.24) is 4.90 Å². The molecule has 0 unspecified atom stereocenters. The average molecular weight is 295 g/mol. The third-order valence-electron chi connectivity index (χ3n) is 3.64. The molecule has 1 N–H and O–H groups in total. The number of likely N-dealkylation sites (N-methyl/N-ethyl adjacent to an activating group) is 1. The Morgan fingerprint density at radius 3 is 2.70 bits per heavy atom. The molecule has 1 aliphatic rings. The Balaban J connectivity index is 2.08. The Morgan fingerprint density at radius 1 is 1.40 bits per heavy atom. The first-order valence-corrected chi connectivity index (χ1v) is 7.97. The first-order valence-electron chi connectivity index (χ1n) is 6.74. The Morgan fingerprint density at radius 2 is 2.05 bits per heavy atom. The third kappa shape index (κ3) is 3.53. The molecule has 0 radical (unpaired) electrons. The highest BCUT2D eigenvalue weighted by Gasteiger charge is 2.32. The van der Waals surface area contributed by atoms with Gasteiger partial charge in [-0.25, -0.2) is 0 Å². The lowest BCUT2D eigenvalue weighted by molar-refractivity contribution is -0.0734. The topological polar surface area (TPSA) is 49.8 Å². The average Bonchev–Trinajstić information content (AvgIpc) is 2.46. The van der Waals surface area contributed by atoms with Crippen molar-refractivity contribution in [3.63, 3.8) is 0 Å². The fourth-order valence-electron chi connectivity index (χ4n) is 2.45. The van der Waals surface area contributed by atoms with Crippen LogP contribution in [0.2, 0.25) is 0 Å². The lowest BCUT2D eigenvalue weighted by Gasteiger charge is -2.35. The van der Waals surface area contributed by atoms with Gasteiger partial charge < -0.3 is 14.7 Å². The second-order valence-corrected chi connectivity index (χ2v) is 6.05. The number of thioether (sulfide) groups is 1. The summed E-state index contributed by atoms with van der Waals surface area (Å²) in [4.78, 5) is 15.1. The molecule has 0 atom stereocenters. The number of rotatable bonds is 4. The van der Waals surface area contributed by atoms with E-state index in [0.717, 1.165) is 4.90 Å². The van der Waals surface area contributed by atoms with Crippen molar-refractivity contribution < 1.29 is 14.6 Å². The van der Waals surface area contributed by atoms with E-state index in [-0.39, 0.29) is 5.91 Å². The number of benzene rings is 1. The molecule has 1 aliphatic heterocycles. The summed E-state index contributed by atoms with van der Waals surface area (Å²) in [5, 5.41) is 10.5. The predicted octanol–water partition coefficient (Wildman–Crippen LogP) is 2.02. The highest BCUT2D eigenvalue weighted by Crippen LogP contribution is 2.24. The first kappa shape index (κ1) is 15.4. The van der Waals surface area contributed by atoms with Crippen molar-refractivity contribution in [1.29, 1.82) is 0 Å². The number of carbonyl (C=O) groups excluding carboxylic acids is 1. The highest BCUT2D eigenvalue weighted by atomic mass is 32.2. The van der Waals surface area contributed by atoms with Gasteiger partial charge in [-0.05, 0) is 18.4 Å². The van der Waals surface area contributed by atoms with Crippen molar-refractivity contribution in [2.24, 2.45) is 0 Å². The lowest BCUT2D eigenvalue weighted by Crippen LogP contribution is -2.47. The van der Waals surface area contributed by atoms with E-state index in [1.165, 1.54) is 0 Å². The molecule has 0 aromatic heterocycles. The standard InChI is InChI=1S/C15H21NO3S/c1-16(11-15(18)7-9-19-10-8-15)14(17)12-5-3-4-6-13(12)20-2/h3-6,18H,7-11H2,1-2H3. The van der Waals surface area contributed by atoms with Crippen LogP contribution in [0.15, 0.2) is 29.2 Å². The lowest BCUT2D eigenvalue weighted by atomic mass is 9.93. The fourth-order valence-corrected chi connectivity index (χ4v) is 3.04. The van der Waals surface area contributed by atoms with Gasteiger partial charge in [0.1, 0.15) is 0 Å². The second kappa shape index (κ2) is 6.61. The minimum absolute atomic E-state index is 0.0464. The van der Waals surface area contributed by atoms with Crippen molar-refractivity contribution in [2.45, 2.75) is 23.3 Å². The molecule has 20 heavy (non-hydrogen) atoms. The number of carbonyl (C=O) groups is 1. The molecule has 0 spiro atoms. The Kier molecular flexibility index (Phi) is 5.07. The highest BCUT2D eigenvalue weighted by molar-refractivity contribution is 7.98. The van der Waals surface area contributed by atoms with Crippen molar-refractivity contribution in [3.8, 4) is 0 Å². The quantitative estimate of drug-likeness (QED) is 0.864. The van der Waals surface area contributed by atoms with Crippen molar-refractivity contribution in [2.75, 3.05) is 33.1 Å². The minimum atomic E-state index is -0.822. The van der Waals surface area contributed by atoms with Crippen LogP contribution in [0.4, 0.5) is 0 Å². The number of ether oxygens (including phenoxy) is 1. The van der Waals surface area contributed by atoms with Gasteiger partial charge in [0.15, 0.2) is 0 Å². The zero-order valence-electron chi connectivity index (χ0n) is 12.0. The van der Waals surface area contributed by atoms with Crippen LogP contribution in [0.5, 0.6) is 0 Å². The predicted molar refractivity (Wildman–Crippen MR) is 80.2 cm³/mol. The smallest absolute Gasteiger partial charge is 0.254 e. The number of amides is 1. The monoisotopic (exact) mass is 295 g/mol. The van der Waals surface area contributed by atoms with Gasteiger partial charge >= 0.3 is 0 Å². The van der Waals surface area contributed by atoms with E-state index in [0.29, 0.717) is 38.2 Å². The summed E-state index contributed by atoms with van der Waals surface area (Å²) in [6.07, 6.45) is 3.11. The van der Waals surface area contributed by atoms with Crippen LogP contribution in [0, 0.1) is 0 Å². The fraction of sp³-hybridized carbons (Fsp3) is 0.533. The van der Waals surface area contributed by atoms with Gasteiger partial charge in [0, 0.05) is 44.5 Å². The molecule has 2 rings (SSSR count). The van der Waals surface area contributed by atoms with E-state index < -0.39 is 5.60 Å². The molecule has 5 heteroatoms. The summed E-state index contributed by atoms with van der Waals surface area (Å²) in [5.41, 5.74) is -0.130. The molecular formula is C15H21NO3S. The molecule has 1 aromatic carbocycles. The van der Waals surface area contributed by atoms with Crippen molar-refractivity contribution in [3.05, 3.63) is 29.8 Å². The van der Waals surface area contributed by atoms with Crippen LogP contribution in [-0.4, -0.2) is 54.6 Å². The molecular weight excluding hydrogens is 274 g/mol. The van der Waals surface area contributed by atoms with Gasteiger partial charge in [0.2, 0.25) is 0 Å². The van der Waals surface area contributed by atoms with Gasteiger partial charge in [-0.1, -0.05) is 12.1 Å². The van der Waals surface area contributed by atoms with E-state index in [4.69, 9.17) is 4.74 Å². The van der Waals surface area contributed by atoms with Gasteiger partial charge in [0.05, 0.1) is 11.2 Å². The zero-order valence-corrected chi connectivity index (χ0v) is 12.8. The maximum Gasteiger partial charge on any atom is 0.254 e. The molecule has 1 saturated heterocycles. The molecule has 110 valence electrons. The number of nitrogens with zero attached hydrogens (tertiary/aromatic N) is 1. The first-order chi connectivity index (χ1) is 9.56. The number of hydrogen-bond acceptors (Lipinski definition) is 4. The van der Waals surface area contributed by atoms with E-state index in [1.807, 2.05) is 30.5 Å². The Labute approximate surface area is 124 Å². The van der Waals surface area contributed by atoms with Crippen LogP contribution >= 0.6 is 11.8 Å². The van der Waals surface area contributed by atoms with Crippen LogP contribution in [0.1, 0.15) is 23.2 Å². The molecule has 1 amide bonds. The second-order valence-electron chi connectivity index (χ2n) is 5.20. The third-order valence-corrected chi connectivity index (χ3v) is 4.43. The maximum atomic E-state index is 12.5. The molecule has 1 heterocycles. The van der Waals surface area contributed by atoms with Crippen LogP contribution in [0.3, 0.4) is 0 Å². The summed E-state index contributed by atoms with van der Waals surface area (Å²) >= 11 is 1.56. The van der Waals surface area contributed by atoms with Gasteiger partial charge in [0.25, 0.3) is 5.91 Å². The SMILES string of the molecule is CSc1ccccc1C(=O)N(C)CC1(O)CCOCC1. The molecule has 4 nitrogen and oxygen atoms in total. The van der Waals surface area contributed by atoms with Crippen molar-refractivity contribution >= 4 is 17.7 Å². The molecule has 0 aliphatic carbocycles. The molecule has 1 fully saturated rings. The molecule has 0 bridgehead atoms. The number of aliphatic hydroxyl groups is 1. The normalized spacial score (nSPS) is 17.8. The molecule has 0 saturated carbocycles. The summed E-state index contributed by atoms with van der Waals surface area (Å²) in [7, 11) is 1.74. The van der Waals surface area contributed by atoms with Gasteiger partial charge in [-0.15, -0.1) is 11.8 Å². The zero-order chi connectivity index (χ0) is 14.6. The summed E-state index contributed by atoms with van der Waals surface area (Å²) < 4.78 is 5.26. The Hall–Kier alpha value is -1.04. The van der Waals surface area contributed by atoms with E-state index >= 15 is 0 Å². The summed E-state index contributed by atoms with van der Waals surface area (Å²) in [6, 6.07) is 7.56. The Bertz CT molecular complexity index is 472. The van der Waals surface area contributed by atoms with Gasteiger partial charge in [-0.3, -0.25) is 4.79 Å².